The Morgan fingerprint density at radius 1 is 1.12 bits per heavy atom. The molecule has 0 saturated carbocycles. The van der Waals surface area contributed by atoms with Crippen LogP contribution in [0.1, 0.15) is 49.3 Å². The van der Waals surface area contributed by atoms with Gasteiger partial charge in [0.05, 0.1) is 18.0 Å². The third kappa shape index (κ3) is 3.57. The number of phenolic OH excluding ortho intramolecular Hbond substituents is 1. The van der Waals surface area contributed by atoms with E-state index in [1.807, 2.05) is 24.3 Å². The standard InChI is InChI=1S/C25H30N2O4S/c1-16-10-12-27(13-11-16)32(29,30)18-7-8-22-21(15-18)19-4-3-5-20(19)25(26-22)17-6-9-23(28)24(14-17)31-2/h3-4,6-9,14-16,19-20,25-26,28H,5,10-13H2,1-2H3. The van der Waals surface area contributed by atoms with Crippen LogP contribution in [0.4, 0.5) is 5.69 Å². The van der Waals surface area contributed by atoms with E-state index in [9.17, 15) is 13.5 Å². The molecule has 1 fully saturated rings. The highest BCUT2D eigenvalue weighted by molar-refractivity contribution is 7.89. The number of fused-ring (bicyclic) bond motifs is 3. The molecule has 3 atom stereocenters. The van der Waals surface area contributed by atoms with E-state index in [4.69, 9.17) is 4.74 Å². The monoisotopic (exact) mass is 454 g/mol. The van der Waals surface area contributed by atoms with Gasteiger partial charge >= 0.3 is 0 Å². The van der Waals surface area contributed by atoms with E-state index in [1.54, 1.807) is 23.5 Å². The predicted octanol–water partition coefficient (Wildman–Crippen LogP) is 4.65. The number of nitrogens with zero attached hydrogens (tertiary/aromatic N) is 1. The number of rotatable bonds is 4. The molecule has 7 heteroatoms. The second kappa shape index (κ2) is 8.12. The van der Waals surface area contributed by atoms with Crippen molar-refractivity contribution in [3.63, 3.8) is 0 Å². The minimum absolute atomic E-state index is 0.0445. The first kappa shape index (κ1) is 21.3. The summed E-state index contributed by atoms with van der Waals surface area (Å²) in [6.07, 6.45) is 7.12. The maximum absolute atomic E-state index is 13.3. The Labute approximate surface area is 190 Å². The van der Waals surface area contributed by atoms with Gasteiger partial charge in [0.15, 0.2) is 11.5 Å². The van der Waals surface area contributed by atoms with Gasteiger partial charge in [0.2, 0.25) is 10.0 Å². The van der Waals surface area contributed by atoms with Crippen LogP contribution in [-0.4, -0.2) is 38.0 Å². The van der Waals surface area contributed by atoms with E-state index in [1.165, 1.54) is 0 Å². The van der Waals surface area contributed by atoms with Gasteiger partial charge in [-0.25, -0.2) is 8.42 Å². The molecule has 5 rings (SSSR count). The molecule has 0 bridgehead atoms. The molecular weight excluding hydrogens is 424 g/mol. The van der Waals surface area contributed by atoms with E-state index in [0.717, 1.165) is 36.1 Å². The average Bonchev–Trinajstić information content (AvgIpc) is 3.29. The Balaban J connectivity index is 1.48. The Hall–Kier alpha value is -2.51. The van der Waals surface area contributed by atoms with E-state index in [2.05, 4.69) is 24.4 Å². The highest BCUT2D eigenvalue weighted by atomic mass is 32.2. The number of ether oxygens (including phenoxy) is 1. The number of hydrogen-bond acceptors (Lipinski definition) is 5. The molecule has 32 heavy (non-hydrogen) atoms. The van der Waals surface area contributed by atoms with Crippen molar-refractivity contribution in [1.29, 1.82) is 0 Å². The van der Waals surface area contributed by atoms with Crippen molar-refractivity contribution in [2.45, 2.75) is 43.0 Å². The second-order valence-corrected chi connectivity index (χ2v) is 11.2. The molecule has 2 aromatic rings. The molecule has 2 aromatic carbocycles. The number of anilines is 1. The van der Waals surface area contributed by atoms with Crippen LogP contribution in [0.25, 0.3) is 0 Å². The van der Waals surface area contributed by atoms with Gasteiger partial charge < -0.3 is 15.2 Å². The minimum Gasteiger partial charge on any atom is -0.504 e. The lowest BCUT2D eigenvalue weighted by molar-refractivity contribution is 0.288. The molecule has 3 aliphatic rings. The molecule has 170 valence electrons. The van der Waals surface area contributed by atoms with Crippen LogP contribution in [0.15, 0.2) is 53.4 Å². The van der Waals surface area contributed by atoms with Crippen LogP contribution in [-0.2, 0) is 10.0 Å². The van der Waals surface area contributed by atoms with Crippen molar-refractivity contribution < 1.29 is 18.3 Å². The number of methoxy groups -OCH3 is 1. The zero-order chi connectivity index (χ0) is 22.5. The number of sulfonamides is 1. The summed E-state index contributed by atoms with van der Waals surface area (Å²) < 4.78 is 33.6. The summed E-state index contributed by atoms with van der Waals surface area (Å²) in [5.41, 5.74) is 3.04. The van der Waals surface area contributed by atoms with Crippen molar-refractivity contribution in [2.75, 3.05) is 25.5 Å². The average molecular weight is 455 g/mol. The lowest BCUT2D eigenvalue weighted by Gasteiger charge is -2.38. The number of hydrogen-bond donors (Lipinski definition) is 2. The van der Waals surface area contributed by atoms with Crippen molar-refractivity contribution in [3.8, 4) is 11.5 Å². The summed E-state index contributed by atoms with van der Waals surface area (Å²) in [6, 6.07) is 11.0. The molecule has 0 spiro atoms. The molecule has 2 aliphatic heterocycles. The van der Waals surface area contributed by atoms with Crippen LogP contribution in [0.3, 0.4) is 0 Å². The van der Waals surface area contributed by atoms with Gasteiger partial charge in [-0.15, -0.1) is 0 Å². The molecule has 1 saturated heterocycles. The second-order valence-electron chi connectivity index (χ2n) is 9.24. The Kier molecular flexibility index (Phi) is 5.42. The summed E-state index contributed by atoms with van der Waals surface area (Å²) in [4.78, 5) is 0.386. The number of nitrogens with one attached hydrogen (secondary N) is 1. The molecule has 3 unspecified atom stereocenters. The lowest BCUT2D eigenvalue weighted by Crippen LogP contribution is -2.38. The third-order valence-electron chi connectivity index (χ3n) is 7.28. The fourth-order valence-electron chi connectivity index (χ4n) is 5.32. The topological polar surface area (TPSA) is 78.9 Å². The van der Waals surface area contributed by atoms with Gasteiger partial charge in [-0.3, -0.25) is 0 Å². The summed E-state index contributed by atoms with van der Waals surface area (Å²) in [5.74, 6) is 1.57. The van der Waals surface area contributed by atoms with E-state index in [-0.39, 0.29) is 23.6 Å². The zero-order valence-corrected chi connectivity index (χ0v) is 19.3. The third-order valence-corrected chi connectivity index (χ3v) is 9.17. The van der Waals surface area contributed by atoms with Crippen LogP contribution >= 0.6 is 0 Å². The molecule has 0 radical (unpaired) electrons. The summed E-state index contributed by atoms with van der Waals surface area (Å²) in [5, 5.41) is 13.6. The van der Waals surface area contributed by atoms with Crippen LogP contribution in [0.5, 0.6) is 11.5 Å². The van der Waals surface area contributed by atoms with Gasteiger partial charge in [0, 0.05) is 24.7 Å². The zero-order valence-electron chi connectivity index (χ0n) is 18.5. The van der Waals surface area contributed by atoms with E-state index < -0.39 is 10.0 Å². The Morgan fingerprint density at radius 2 is 1.91 bits per heavy atom. The first-order chi connectivity index (χ1) is 15.4. The van der Waals surface area contributed by atoms with Crippen molar-refractivity contribution in [2.24, 2.45) is 11.8 Å². The van der Waals surface area contributed by atoms with E-state index >= 15 is 0 Å². The summed E-state index contributed by atoms with van der Waals surface area (Å²) >= 11 is 0. The highest BCUT2D eigenvalue weighted by Crippen LogP contribution is 2.51. The van der Waals surface area contributed by atoms with Crippen molar-refractivity contribution in [3.05, 3.63) is 59.7 Å². The summed E-state index contributed by atoms with van der Waals surface area (Å²) in [6.45, 7) is 3.37. The lowest BCUT2D eigenvalue weighted by atomic mass is 9.77. The molecule has 2 heterocycles. The molecule has 2 N–H and O–H groups in total. The predicted molar refractivity (Wildman–Crippen MR) is 125 cm³/mol. The van der Waals surface area contributed by atoms with Gasteiger partial charge in [0.25, 0.3) is 0 Å². The van der Waals surface area contributed by atoms with Crippen molar-refractivity contribution >= 4 is 15.7 Å². The molecule has 6 nitrogen and oxygen atoms in total. The first-order valence-electron chi connectivity index (χ1n) is 11.3. The van der Waals surface area contributed by atoms with Gasteiger partial charge in [-0.1, -0.05) is 25.1 Å². The van der Waals surface area contributed by atoms with Crippen LogP contribution in [0.2, 0.25) is 0 Å². The fourth-order valence-corrected chi connectivity index (χ4v) is 6.83. The number of piperidine rings is 1. The Bertz CT molecular complexity index is 1150. The maximum atomic E-state index is 13.3. The largest absolute Gasteiger partial charge is 0.504 e. The molecule has 0 aromatic heterocycles. The molecular formula is C25H30N2O4S. The number of phenols is 1. The first-order valence-corrected chi connectivity index (χ1v) is 12.8. The number of allylic oxidation sites excluding steroid dienone is 2. The quantitative estimate of drug-likeness (QED) is 0.658. The minimum atomic E-state index is -3.49. The summed E-state index contributed by atoms with van der Waals surface area (Å²) in [7, 11) is -1.94. The van der Waals surface area contributed by atoms with Gasteiger partial charge in [-0.05, 0) is 72.6 Å². The van der Waals surface area contributed by atoms with Gasteiger partial charge in [0.1, 0.15) is 0 Å². The maximum Gasteiger partial charge on any atom is 0.243 e. The number of aromatic hydroxyl groups is 1. The van der Waals surface area contributed by atoms with Crippen LogP contribution < -0.4 is 10.1 Å². The molecule has 1 aliphatic carbocycles. The fraction of sp³-hybridized carbons (Fsp3) is 0.440. The SMILES string of the molecule is COc1cc(C2Nc3ccc(S(=O)(=O)N4CCC(C)CC4)cc3C3C=CCC32)ccc1O. The highest BCUT2D eigenvalue weighted by Gasteiger charge is 2.39. The molecule has 0 amide bonds. The number of benzene rings is 2. The van der Waals surface area contributed by atoms with E-state index in [0.29, 0.717) is 29.7 Å². The van der Waals surface area contributed by atoms with Gasteiger partial charge in [-0.2, -0.15) is 4.31 Å². The van der Waals surface area contributed by atoms with Crippen molar-refractivity contribution in [1.82, 2.24) is 4.31 Å². The Morgan fingerprint density at radius 3 is 2.66 bits per heavy atom. The van der Waals surface area contributed by atoms with Crippen LogP contribution in [0, 0.1) is 11.8 Å². The normalized spacial score (nSPS) is 25.8. The smallest absolute Gasteiger partial charge is 0.243 e.